The summed E-state index contributed by atoms with van der Waals surface area (Å²) in [6, 6.07) is 0. The van der Waals surface area contributed by atoms with Crippen LogP contribution in [0.15, 0.2) is 24.3 Å². The largest absolute Gasteiger partial charge is 0.444 e. The molecular formula is C22H39NO4Si. The van der Waals surface area contributed by atoms with E-state index in [-0.39, 0.29) is 17.4 Å². The number of carbonyl (C=O) groups is 1. The van der Waals surface area contributed by atoms with Crippen molar-refractivity contribution in [1.82, 2.24) is 4.90 Å². The van der Waals surface area contributed by atoms with Crippen molar-refractivity contribution in [2.24, 2.45) is 11.3 Å². The van der Waals surface area contributed by atoms with E-state index < -0.39 is 26.0 Å². The summed E-state index contributed by atoms with van der Waals surface area (Å²) in [5.74, 6) is 0.263. The molecule has 0 aromatic carbocycles. The van der Waals surface area contributed by atoms with Gasteiger partial charge in [0.2, 0.25) is 0 Å². The number of likely N-dealkylation sites (tertiary alicyclic amines) is 1. The Morgan fingerprint density at radius 1 is 1.21 bits per heavy atom. The predicted molar refractivity (Wildman–Crippen MR) is 116 cm³/mol. The molecular weight excluding hydrogens is 370 g/mol. The maximum atomic E-state index is 13.2. The smallest absolute Gasteiger partial charge is 0.412 e. The molecule has 0 saturated carbocycles. The lowest BCUT2D eigenvalue weighted by atomic mass is 9.77. The fourth-order valence-corrected chi connectivity index (χ4v) is 5.29. The Bertz CT molecular complexity index is 631. The zero-order valence-electron chi connectivity index (χ0n) is 18.9. The molecule has 3 atom stereocenters. The van der Waals surface area contributed by atoms with Crippen molar-refractivity contribution in [1.29, 1.82) is 0 Å². The molecule has 1 aliphatic carbocycles. The Hall–Kier alpha value is -1.11. The highest BCUT2D eigenvalue weighted by molar-refractivity contribution is 6.48. The fourth-order valence-electron chi connectivity index (χ4n) is 4.11. The standard InChI is InChI=1S/C22H39NO4Si/c1-19(2,3)17-14-22(27-28(7)8,16-21(25)12-10-9-11-13-21)23(15-17)18(24)26-20(4,5)6/h9-12,17,25,28H,13-16H2,1-8H3. The molecule has 2 rings (SSSR count). The van der Waals surface area contributed by atoms with Gasteiger partial charge in [0.1, 0.15) is 11.3 Å². The molecule has 1 heterocycles. The molecule has 0 aromatic heterocycles. The van der Waals surface area contributed by atoms with E-state index in [9.17, 15) is 9.90 Å². The number of aliphatic hydroxyl groups is 1. The van der Waals surface area contributed by atoms with Crippen molar-refractivity contribution in [3.05, 3.63) is 24.3 Å². The van der Waals surface area contributed by atoms with E-state index in [1.165, 1.54) is 0 Å². The van der Waals surface area contributed by atoms with Gasteiger partial charge in [-0.2, -0.15) is 0 Å². The minimum Gasteiger partial charge on any atom is -0.444 e. The normalized spacial score (nSPS) is 30.9. The number of carbonyl (C=O) groups excluding carboxylic acids is 1. The Balaban J connectivity index is 2.44. The molecule has 0 spiro atoms. The van der Waals surface area contributed by atoms with Gasteiger partial charge in [-0.15, -0.1) is 0 Å². The van der Waals surface area contributed by atoms with Crippen LogP contribution in [0.1, 0.15) is 60.8 Å². The summed E-state index contributed by atoms with van der Waals surface area (Å²) < 4.78 is 12.3. The summed E-state index contributed by atoms with van der Waals surface area (Å²) in [6.07, 6.45) is 8.85. The second-order valence-electron chi connectivity index (χ2n) is 10.7. The molecule has 0 bridgehead atoms. The van der Waals surface area contributed by atoms with Gasteiger partial charge in [0.15, 0.2) is 9.04 Å². The lowest BCUT2D eigenvalue weighted by Crippen LogP contribution is -2.56. The van der Waals surface area contributed by atoms with Gasteiger partial charge in [0.05, 0.1) is 5.60 Å². The molecule has 160 valence electrons. The first-order valence-electron chi connectivity index (χ1n) is 10.4. The van der Waals surface area contributed by atoms with Crippen LogP contribution >= 0.6 is 0 Å². The van der Waals surface area contributed by atoms with Crippen molar-refractivity contribution in [3.63, 3.8) is 0 Å². The first kappa shape index (κ1) is 23.2. The highest BCUT2D eigenvalue weighted by Gasteiger charge is 2.55. The maximum absolute atomic E-state index is 13.2. The first-order valence-corrected chi connectivity index (χ1v) is 13.2. The van der Waals surface area contributed by atoms with Crippen LogP contribution in [0, 0.1) is 11.3 Å². The van der Waals surface area contributed by atoms with Gasteiger partial charge in [0.25, 0.3) is 0 Å². The molecule has 1 fully saturated rings. The van der Waals surface area contributed by atoms with Crippen molar-refractivity contribution in [2.45, 2.75) is 90.8 Å². The van der Waals surface area contributed by atoms with E-state index in [0.717, 1.165) is 0 Å². The first-order chi connectivity index (χ1) is 12.7. The van der Waals surface area contributed by atoms with Gasteiger partial charge in [-0.3, -0.25) is 4.90 Å². The predicted octanol–water partition coefficient (Wildman–Crippen LogP) is 4.62. The molecule has 1 aliphatic heterocycles. The van der Waals surface area contributed by atoms with Crippen LogP contribution in [0.4, 0.5) is 4.79 Å². The minimum atomic E-state index is -1.51. The van der Waals surface area contributed by atoms with Gasteiger partial charge in [0, 0.05) is 13.0 Å². The fraction of sp³-hybridized carbons (Fsp3) is 0.773. The lowest BCUT2D eigenvalue weighted by Gasteiger charge is -2.44. The third-order valence-corrected chi connectivity index (χ3v) is 6.37. The topological polar surface area (TPSA) is 59.0 Å². The summed E-state index contributed by atoms with van der Waals surface area (Å²) in [4.78, 5) is 15.0. The molecule has 6 heteroatoms. The van der Waals surface area contributed by atoms with Crippen molar-refractivity contribution < 1.29 is 19.1 Å². The summed E-state index contributed by atoms with van der Waals surface area (Å²) in [5, 5.41) is 11.2. The highest BCUT2D eigenvalue weighted by Crippen LogP contribution is 2.48. The van der Waals surface area contributed by atoms with E-state index in [2.05, 4.69) is 33.9 Å². The Kier molecular flexibility index (Phi) is 6.58. The van der Waals surface area contributed by atoms with Crippen LogP contribution in [0.5, 0.6) is 0 Å². The summed E-state index contributed by atoms with van der Waals surface area (Å²) in [7, 11) is -1.51. The van der Waals surface area contributed by atoms with E-state index in [1.807, 2.05) is 45.1 Å². The molecule has 28 heavy (non-hydrogen) atoms. The number of ether oxygens (including phenoxy) is 1. The zero-order valence-corrected chi connectivity index (χ0v) is 20.1. The number of nitrogens with zero attached hydrogens (tertiary/aromatic N) is 1. The van der Waals surface area contributed by atoms with Crippen LogP contribution < -0.4 is 0 Å². The summed E-state index contributed by atoms with van der Waals surface area (Å²) in [5.41, 5.74) is -2.42. The van der Waals surface area contributed by atoms with Gasteiger partial charge in [-0.1, -0.05) is 45.1 Å². The molecule has 1 N–H and O–H groups in total. The zero-order chi connectivity index (χ0) is 21.4. The number of hydrogen-bond acceptors (Lipinski definition) is 4. The molecule has 5 nitrogen and oxygen atoms in total. The van der Waals surface area contributed by atoms with Gasteiger partial charge in [-0.05, 0) is 58.0 Å². The monoisotopic (exact) mass is 409 g/mol. The SMILES string of the molecule is C[SiH](C)OC1(CC2(O)C=CC=CC2)CC(C(C)(C)C)CN1C(=O)OC(C)(C)C. The van der Waals surface area contributed by atoms with Crippen molar-refractivity contribution in [3.8, 4) is 0 Å². The van der Waals surface area contributed by atoms with Crippen LogP contribution in [0.25, 0.3) is 0 Å². The number of allylic oxidation sites excluding steroid dienone is 2. The van der Waals surface area contributed by atoms with Crippen molar-refractivity contribution >= 4 is 15.1 Å². The third kappa shape index (κ3) is 5.71. The van der Waals surface area contributed by atoms with Crippen LogP contribution in [0.2, 0.25) is 13.1 Å². The molecule has 0 radical (unpaired) electrons. The average Bonchev–Trinajstić information content (AvgIpc) is 2.83. The van der Waals surface area contributed by atoms with Crippen LogP contribution in [-0.2, 0) is 9.16 Å². The Morgan fingerprint density at radius 3 is 2.32 bits per heavy atom. The minimum absolute atomic E-state index is 0.0227. The molecule has 1 saturated heterocycles. The second kappa shape index (κ2) is 7.96. The second-order valence-corrected chi connectivity index (χ2v) is 13.1. The third-order valence-electron chi connectivity index (χ3n) is 5.46. The Morgan fingerprint density at radius 2 is 1.86 bits per heavy atom. The van der Waals surface area contributed by atoms with Gasteiger partial charge < -0.3 is 14.3 Å². The van der Waals surface area contributed by atoms with E-state index >= 15 is 0 Å². The molecule has 0 aromatic rings. The average molecular weight is 410 g/mol. The molecule has 2 aliphatic rings. The Labute approximate surface area is 172 Å². The van der Waals surface area contributed by atoms with E-state index in [1.54, 1.807) is 4.90 Å². The van der Waals surface area contributed by atoms with Crippen molar-refractivity contribution in [2.75, 3.05) is 6.54 Å². The van der Waals surface area contributed by atoms with Crippen LogP contribution in [0.3, 0.4) is 0 Å². The molecule has 1 amide bonds. The quantitative estimate of drug-likeness (QED) is 0.688. The summed E-state index contributed by atoms with van der Waals surface area (Å²) >= 11 is 0. The highest BCUT2D eigenvalue weighted by atomic mass is 28.3. The number of hydrogen-bond donors (Lipinski definition) is 1. The maximum Gasteiger partial charge on any atom is 0.412 e. The molecule has 3 unspecified atom stereocenters. The number of amides is 1. The lowest BCUT2D eigenvalue weighted by molar-refractivity contribution is -0.105. The van der Waals surface area contributed by atoms with Gasteiger partial charge >= 0.3 is 6.09 Å². The van der Waals surface area contributed by atoms with E-state index in [0.29, 0.717) is 25.8 Å². The van der Waals surface area contributed by atoms with E-state index in [4.69, 9.17) is 9.16 Å². The van der Waals surface area contributed by atoms with Crippen LogP contribution in [-0.4, -0.2) is 48.6 Å². The van der Waals surface area contributed by atoms with Gasteiger partial charge in [-0.25, -0.2) is 4.79 Å². The number of rotatable bonds is 4. The summed E-state index contributed by atoms with van der Waals surface area (Å²) in [6.45, 7) is 17.0.